The first-order chi connectivity index (χ1) is 24.9. The average Bonchev–Trinajstić information content (AvgIpc) is 3.41. The number of ether oxygens (including phenoxy) is 1. The smallest absolute Gasteiger partial charge is 0.333 e. The fraction of sp³-hybridized carbons (Fsp3) is 0.809. The highest BCUT2D eigenvalue weighted by atomic mass is 28.4. The fourth-order valence-electron chi connectivity index (χ4n) is 9.45. The summed E-state index contributed by atoms with van der Waals surface area (Å²) in [6, 6.07) is 0. The van der Waals surface area contributed by atoms with Crippen LogP contribution in [0, 0.1) is 29.1 Å². The van der Waals surface area contributed by atoms with E-state index in [1.165, 1.54) is 37.7 Å². The fourth-order valence-corrected chi connectivity index (χ4v) is 12.1. The zero-order valence-corrected chi connectivity index (χ0v) is 39.6. The van der Waals surface area contributed by atoms with Gasteiger partial charge in [0.2, 0.25) is 0 Å². The lowest BCUT2D eigenvalue weighted by atomic mass is 9.60. The Bertz CT molecular complexity index is 1350. The minimum Gasteiger partial charge on any atom is -0.463 e. The Labute approximate surface area is 335 Å². The molecule has 5 nitrogen and oxygen atoms in total. The second kappa shape index (κ2) is 19.0. The maximum absolute atomic E-state index is 12.8. The summed E-state index contributed by atoms with van der Waals surface area (Å²) in [5, 5.41) is 12.0. The molecule has 0 aromatic rings. The molecular formula is C47H84O5Si2. The molecular weight excluding hydrogens is 701 g/mol. The average molecular weight is 785 g/mol. The number of rotatable bonds is 17. The maximum Gasteiger partial charge on any atom is 0.333 e. The van der Waals surface area contributed by atoms with Gasteiger partial charge in [0.05, 0.1) is 24.9 Å². The zero-order chi connectivity index (χ0) is 40.9. The molecule has 0 saturated heterocycles. The molecule has 0 aromatic heterocycles. The molecule has 2 unspecified atom stereocenters. The summed E-state index contributed by atoms with van der Waals surface area (Å²) in [6.07, 6.45) is 18.0. The van der Waals surface area contributed by atoms with Gasteiger partial charge in [-0.25, -0.2) is 4.79 Å². The third kappa shape index (κ3) is 11.4. The maximum atomic E-state index is 12.8. The van der Waals surface area contributed by atoms with Crippen LogP contribution in [0.1, 0.15) is 153 Å². The van der Waals surface area contributed by atoms with E-state index in [2.05, 4.69) is 107 Å². The van der Waals surface area contributed by atoms with Crippen molar-refractivity contribution in [2.75, 3.05) is 6.61 Å². The van der Waals surface area contributed by atoms with Crippen LogP contribution in [0.25, 0.3) is 0 Å². The second-order valence-electron chi connectivity index (χ2n) is 20.8. The molecule has 0 spiro atoms. The van der Waals surface area contributed by atoms with Gasteiger partial charge >= 0.3 is 5.97 Å². The molecule has 3 rings (SSSR count). The normalized spacial score (nSPS) is 28.9. The number of hydrogen-bond donors (Lipinski definition) is 1. The molecule has 3 aliphatic carbocycles. The Kier molecular flexibility index (Phi) is 16.6. The van der Waals surface area contributed by atoms with E-state index in [1.807, 2.05) is 6.92 Å². The van der Waals surface area contributed by atoms with Crippen LogP contribution in [-0.2, 0) is 18.4 Å². The molecule has 0 radical (unpaired) electrons. The van der Waals surface area contributed by atoms with Crippen molar-refractivity contribution >= 4 is 22.6 Å². The first kappa shape index (κ1) is 47.1. The molecule has 3 saturated carbocycles. The van der Waals surface area contributed by atoms with Crippen molar-refractivity contribution in [3.63, 3.8) is 0 Å². The Hall–Kier alpha value is -1.26. The lowest BCUT2D eigenvalue weighted by Gasteiger charge is -2.46. The monoisotopic (exact) mass is 785 g/mol. The SMILES string of the molecule is C=C(C(=O)OCC)C(CCCCCC)C(O)C[C@@H](C)[C@H]1CC[C@H]2/C(=C/C=C3/C[C@@H](O[Si](C)(C)C(C)(C)C)C[C@H](O[Si](C)(C)C(C)(C)C)C3=C)CCC[C@]12C. The van der Waals surface area contributed by atoms with Gasteiger partial charge in [-0.1, -0.05) is 119 Å². The first-order valence-electron chi connectivity index (χ1n) is 21.9. The Balaban J connectivity index is 1.86. The predicted molar refractivity (Wildman–Crippen MR) is 235 cm³/mol. The van der Waals surface area contributed by atoms with Crippen LogP contribution in [0.2, 0.25) is 36.3 Å². The van der Waals surface area contributed by atoms with Gasteiger partial charge in [-0.2, -0.15) is 0 Å². The number of aliphatic hydroxyl groups excluding tert-OH is 1. The van der Waals surface area contributed by atoms with Crippen LogP contribution in [0.4, 0.5) is 0 Å². The van der Waals surface area contributed by atoms with Gasteiger partial charge in [0, 0.05) is 17.9 Å². The third-order valence-electron chi connectivity index (χ3n) is 14.9. The molecule has 7 heteroatoms. The van der Waals surface area contributed by atoms with Gasteiger partial charge in [0.25, 0.3) is 0 Å². The molecule has 0 bridgehead atoms. The number of aliphatic hydroxyl groups is 1. The lowest BCUT2D eigenvalue weighted by molar-refractivity contribution is -0.139. The van der Waals surface area contributed by atoms with Gasteiger partial charge in [0.15, 0.2) is 16.6 Å². The number of fused-ring (bicyclic) bond motifs is 1. The van der Waals surface area contributed by atoms with Gasteiger partial charge in [-0.15, -0.1) is 0 Å². The highest BCUT2D eigenvalue weighted by Crippen LogP contribution is 2.60. The van der Waals surface area contributed by atoms with Crippen LogP contribution in [-0.4, -0.2) is 52.6 Å². The largest absolute Gasteiger partial charge is 0.463 e. The number of unbranched alkanes of at least 4 members (excludes halogenated alkanes) is 3. The van der Waals surface area contributed by atoms with E-state index in [4.69, 9.17) is 20.2 Å². The molecule has 0 aromatic carbocycles. The minimum atomic E-state index is -2.03. The number of allylic oxidation sites excluding steroid dienone is 3. The van der Waals surface area contributed by atoms with Gasteiger partial charge in [-0.05, 0) is 129 Å². The summed E-state index contributed by atoms with van der Waals surface area (Å²) in [6.45, 7) is 41.5. The van der Waals surface area contributed by atoms with Crippen LogP contribution < -0.4 is 0 Å². The highest BCUT2D eigenvalue weighted by molar-refractivity contribution is 6.74. The van der Waals surface area contributed by atoms with Crippen molar-refractivity contribution in [2.45, 2.75) is 207 Å². The summed E-state index contributed by atoms with van der Waals surface area (Å²) in [5.74, 6) is 0.812. The predicted octanol–water partition coefficient (Wildman–Crippen LogP) is 13.3. The molecule has 54 heavy (non-hydrogen) atoms. The van der Waals surface area contributed by atoms with Crippen LogP contribution in [0.5, 0.6) is 0 Å². The van der Waals surface area contributed by atoms with Gasteiger partial charge in [0.1, 0.15) is 0 Å². The highest BCUT2D eigenvalue weighted by Gasteiger charge is 2.51. The van der Waals surface area contributed by atoms with E-state index in [0.29, 0.717) is 36.4 Å². The van der Waals surface area contributed by atoms with E-state index in [0.717, 1.165) is 50.5 Å². The molecule has 0 heterocycles. The first-order valence-corrected chi connectivity index (χ1v) is 27.7. The van der Waals surface area contributed by atoms with Crippen molar-refractivity contribution in [3.8, 4) is 0 Å². The minimum absolute atomic E-state index is 0.0193. The van der Waals surface area contributed by atoms with Crippen molar-refractivity contribution in [1.82, 2.24) is 0 Å². The Morgan fingerprint density at radius 1 is 0.981 bits per heavy atom. The second-order valence-corrected chi connectivity index (χ2v) is 30.4. The van der Waals surface area contributed by atoms with Crippen LogP contribution in [0.3, 0.4) is 0 Å². The molecule has 0 aliphatic heterocycles. The van der Waals surface area contributed by atoms with E-state index in [-0.39, 0.29) is 39.6 Å². The molecule has 3 aliphatic rings. The third-order valence-corrected chi connectivity index (χ3v) is 23.9. The molecule has 3 fully saturated rings. The van der Waals surface area contributed by atoms with Crippen molar-refractivity contribution in [2.24, 2.45) is 29.1 Å². The van der Waals surface area contributed by atoms with Crippen LogP contribution in [0.15, 0.2) is 47.6 Å². The van der Waals surface area contributed by atoms with Gasteiger partial charge in [-0.3, -0.25) is 0 Å². The molecule has 0 amide bonds. The summed E-state index contributed by atoms with van der Waals surface area (Å²) < 4.78 is 19.6. The van der Waals surface area contributed by atoms with Gasteiger partial charge < -0.3 is 18.7 Å². The van der Waals surface area contributed by atoms with Crippen molar-refractivity contribution in [3.05, 3.63) is 47.6 Å². The van der Waals surface area contributed by atoms with Crippen molar-refractivity contribution < 1.29 is 23.5 Å². The molecule has 1 N–H and O–H groups in total. The summed E-state index contributed by atoms with van der Waals surface area (Å²) in [5.41, 5.74) is 4.66. The standard InChI is InChI=1S/C47H84O5Si2/c1-17-19-20-21-24-39(35(5)44(49)50-18-2)42(48)30-33(3)40-27-28-41-36(23-22-29-47(40,41)12)25-26-37-31-38(51-53(13,14)45(6,7)8)32-43(34(37)4)52-54(15,16)46(9,10)11/h25-26,33,38-43,48H,4-5,17-24,27-32H2,1-3,6-16H3/b36-25+,37-26-/t33-,38-,39?,40-,41+,42?,43+,47-/m1/s1. The Morgan fingerprint density at radius 2 is 1.61 bits per heavy atom. The summed E-state index contributed by atoms with van der Waals surface area (Å²) >= 11 is 0. The Morgan fingerprint density at radius 3 is 2.20 bits per heavy atom. The lowest BCUT2D eigenvalue weighted by Crippen LogP contribution is -2.49. The van der Waals surface area contributed by atoms with E-state index >= 15 is 0 Å². The topological polar surface area (TPSA) is 65.0 Å². The number of carbonyl (C=O) groups excluding carboxylic acids is 1. The van der Waals surface area contributed by atoms with E-state index < -0.39 is 22.7 Å². The quantitative estimate of drug-likeness (QED) is 0.0689. The summed E-state index contributed by atoms with van der Waals surface area (Å²) in [7, 11) is -4.01. The molecule has 310 valence electrons. The van der Waals surface area contributed by atoms with E-state index in [9.17, 15) is 9.90 Å². The van der Waals surface area contributed by atoms with Crippen LogP contribution >= 0.6 is 0 Å². The zero-order valence-electron chi connectivity index (χ0n) is 37.6. The number of carbonyl (C=O) groups is 1. The van der Waals surface area contributed by atoms with E-state index in [1.54, 1.807) is 5.57 Å². The molecule has 8 atom stereocenters. The summed E-state index contributed by atoms with van der Waals surface area (Å²) in [4.78, 5) is 12.8. The number of esters is 1. The van der Waals surface area contributed by atoms with Crippen molar-refractivity contribution in [1.29, 1.82) is 0 Å². The number of hydrogen-bond acceptors (Lipinski definition) is 5.